The van der Waals surface area contributed by atoms with Crippen LogP contribution in [-0.2, 0) is 21.2 Å². The van der Waals surface area contributed by atoms with Gasteiger partial charge < -0.3 is 0 Å². The Morgan fingerprint density at radius 1 is 1.22 bits per heavy atom. The molecule has 0 aliphatic carbocycles. The van der Waals surface area contributed by atoms with Gasteiger partial charge in [0.15, 0.2) is 0 Å². The summed E-state index contributed by atoms with van der Waals surface area (Å²) in [6, 6.07) is 9.56. The summed E-state index contributed by atoms with van der Waals surface area (Å²) < 4.78 is 25.7. The molecule has 0 saturated heterocycles. The largest absolute Gasteiger partial charge is 0.273 e. The lowest BCUT2D eigenvalue weighted by Crippen LogP contribution is -2.35. The van der Waals surface area contributed by atoms with Crippen molar-refractivity contribution in [2.75, 3.05) is 5.75 Å². The van der Waals surface area contributed by atoms with Crippen LogP contribution in [0.4, 0.5) is 0 Å². The Morgan fingerprint density at radius 3 is 2.35 bits per heavy atom. The van der Waals surface area contributed by atoms with Gasteiger partial charge in [-0.15, -0.1) is 0 Å². The van der Waals surface area contributed by atoms with Crippen LogP contribution in [0.25, 0.3) is 0 Å². The zero-order valence-electron chi connectivity index (χ0n) is 13.9. The van der Waals surface area contributed by atoms with Gasteiger partial charge in [-0.25, -0.2) is 8.42 Å². The number of hydrogen-bond donors (Lipinski definition) is 1. The van der Waals surface area contributed by atoms with Gasteiger partial charge in [0.1, 0.15) is 0 Å². The lowest BCUT2D eigenvalue weighted by Gasteiger charge is -2.13. The molecule has 1 aromatic carbocycles. The fraction of sp³-hybridized carbons (Fsp3) is 0.529. The summed E-state index contributed by atoms with van der Waals surface area (Å²) in [6.45, 7) is 5.96. The number of hydrogen-bond acceptors (Lipinski definition) is 4. The van der Waals surface area contributed by atoms with Crippen molar-refractivity contribution in [1.29, 1.82) is 5.26 Å². The van der Waals surface area contributed by atoms with Crippen molar-refractivity contribution in [2.45, 2.75) is 46.0 Å². The molecule has 0 radical (unpaired) electrons. The maximum Gasteiger partial charge on any atom is 0.240 e. The third-order valence-corrected chi connectivity index (χ3v) is 4.81. The van der Waals surface area contributed by atoms with Gasteiger partial charge in [0, 0.05) is 6.42 Å². The van der Waals surface area contributed by atoms with Gasteiger partial charge in [-0.1, -0.05) is 38.1 Å². The molecule has 0 heterocycles. The fourth-order valence-corrected chi connectivity index (χ4v) is 3.31. The molecule has 1 unspecified atom stereocenters. The second-order valence-corrected chi connectivity index (χ2v) is 7.95. The molecule has 0 aliphatic heterocycles. The molecule has 126 valence electrons. The van der Waals surface area contributed by atoms with Crippen LogP contribution in [0.15, 0.2) is 24.3 Å². The second kappa shape index (κ2) is 8.68. The summed E-state index contributed by atoms with van der Waals surface area (Å²) in [7, 11) is -3.68. The average Bonchev–Trinajstić information content (AvgIpc) is 2.46. The zero-order valence-corrected chi connectivity index (χ0v) is 14.7. The van der Waals surface area contributed by atoms with Crippen LogP contribution < -0.4 is 4.72 Å². The lowest BCUT2D eigenvalue weighted by molar-refractivity contribution is -0.120. The Labute approximate surface area is 138 Å². The number of sulfonamides is 1. The Kier molecular flexibility index (Phi) is 7.24. The molecule has 0 fully saturated rings. The maximum atomic E-state index is 12.1. The fourth-order valence-electron chi connectivity index (χ4n) is 2.20. The van der Waals surface area contributed by atoms with E-state index in [9.17, 15) is 13.2 Å². The van der Waals surface area contributed by atoms with Crippen molar-refractivity contribution in [3.05, 3.63) is 35.4 Å². The van der Waals surface area contributed by atoms with Gasteiger partial charge in [0.2, 0.25) is 15.9 Å². The van der Waals surface area contributed by atoms with Gasteiger partial charge in [-0.05, 0) is 36.8 Å². The van der Waals surface area contributed by atoms with E-state index in [1.165, 1.54) is 5.56 Å². The minimum absolute atomic E-state index is 0.155. The molecule has 1 atom stereocenters. The van der Waals surface area contributed by atoms with Crippen molar-refractivity contribution in [3.8, 4) is 6.07 Å². The molecule has 0 spiro atoms. The maximum absolute atomic E-state index is 12.1. The molecule has 0 aliphatic rings. The molecule has 23 heavy (non-hydrogen) atoms. The number of unbranched alkanes of at least 4 members (excludes halogenated alkanes) is 1. The number of carbonyl (C=O) groups excluding carboxylic acids is 1. The third-order valence-electron chi connectivity index (χ3n) is 3.47. The molecule has 1 rings (SSSR count). The van der Waals surface area contributed by atoms with Crippen molar-refractivity contribution >= 4 is 15.9 Å². The van der Waals surface area contributed by atoms with Crippen LogP contribution in [0.2, 0.25) is 0 Å². The summed E-state index contributed by atoms with van der Waals surface area (Å²) in [4.78, 5) is 12.1. The number of carbonyl (C=O) groups is 1. The predicted molar refractivity (Wildman–Crippen MR) is 90.2 cm³/mol. The van der Waals surface area contributed by atoms with Gasteiger partial charge >= 0.3 is 0 Å². The number of rotatable bonds is 8. The molecule has 1 amide bonds. The molecule has 1 N–H and O–H groups in total. The Morgan fingerprint density at radius 2 is 1.83 bits per heavy atom. The zero-order chi connectivity index (χ0) is 17.5. The summed E-state index contributed by atoms with van der Waals surface area (Å²) >= 11 is 0. The topological polar surface area (TPSA) is 87.0 Å². The average molecular weight is 336 g/mol. The predicted octanol–water partition coefficient (Wildman–Crippen LogP) is 2.74. The first-order chi connectivity index (χ1) is 10.7. The minimum atomic E-state index is -3.68. The molecular weight excluding hydrogens is 312 g/mol. The number of nitrogens with zero attached hydrogens (tertiary/aromatic N) is 1. The van der Waals surface area contributed by atoms with E-state index in [1.54, 1.807) is 6.92 Å². The smallest absolute Gasteiger partial charge is 0.240 e. The highest BCUT2D eigenvalue weighted by molar-refractivity contribution is 7.90. The molecule has 0 aromatic heterocycles. The van der Waals surface area contributed by atoms with E-state index in [0.717, 1.165) is 12.0 Å². The quantitative estimate of drug-likeness (QED) is 0.739. The van der Waals surface area contributed by atoms with Crippen molar-refractivity contribution in [3.63, 3.8) is 0 Å². The Bertz CT molecular complexity index is 658. The normalized spacial score (nSPS) is 12.7. The number of amides is 1. The molecule has 0 saturated carbocycles. The van der Waals surface area contributed by atoms with Crippen molar-refractivity contribution < 1.29 is 13.2 Å². The highest BCUT2D eigenvalue weighted by Crippen LogP contribution is 2.18. The number of benzene rings is 1. The monoisotopic (exact) mass is 336 g/mol. The van der Waals surface area contributed by atoms with Gasteiger partial charge in [0.25, 0.3) is 0 Å². The van der Waals surface area contributed by atoms with Crippen LogP contribution in [0.1, 0.15) is 50.7 Å². The summed E-state index contributed by atoms with van der Waals surface area (Å²) in [5.41, 5.74) is 1.97. The van der Waals surface area contributed by atoms with E-state index >= 15 is 0 Å². The van der Waals surface area contributed by atoms with Crippen LogP contribution in [0, 0.1) is 17.2 Å². The van der Waals surface area contributed by atoms with Crippen LogP contribution in [-0.4, -0.2) is 20.1 Å². The standard InChI is InChI=1S/C17H24N2O3S/c1-13(2)12-15-6-8-16(9-7-15)14(3)17(20)19-23(21,22)11-5-4-10-18/h6-9,13-14H,4-5,11-12H2,1-3H3,(H,19,20). The molecule has 5 nitrogen and oxygen atoms in total. The van der Waals surface area contributed by atoms with E-state index < -0.39 is 21.8 Å². The van der Waals surface area contributed by atoms with Crippen molar-refractivity contribution in [2.24, 2.45) is 5.92 Å². The lowest BCUT2D eigenvalue weighted by atomic mass is 9.96. The molecule has 6 heteroatoms. The summed E-state index contributed by atoms with van der Waals surface area (Å²) in [6.07, 6.45) is 1.34. The first-order valence-electron chi connectivity index (χ1n) is 7.75. The van der Waals surface area contributed by atoms with E-state index in [1.807, 2.05) is 30.3 Å². The van der Waals surface area contributed by atoms with Crippen LogP contribution in [0.5, 0.6) is 0 Å². The first-order valence-corrected chi connectivity index (χ1v) is 9.40. The number of nitriles is 1. The van der Waals surface area contributed by atoms with Gasteiger partial charge in [-0.2, -0.15) is 5.26 Å². The van der Waals surface area contributed by atoms with Crippen LogP contribution >= 0.6 is 0 Å². The summed E-state index contributed by atoms with van der Waals surface area (Å²) in [5.74, 6) is -0.751. The highest BCUT2D eigenvalue weighted by atomic mass is 32.2. The SMILES string of the molecule is CC(C)Cc1ccc(C(C)C(=O)NS(=O)(=O)CCCC#N)cc1. The Hall–Kier alpha value is -1.87. The molecular formula is C17H24N2O3S. The molecule has 1 aromatic rings. The van der Waals surface area contributed by atoms with Crippen LogP contribution in [0.3, 0.4) is 0 Å². The first kappa shape index (κ1) is 19.2. The third kappa shape index (κ3) is 6.83. The summed E-state index contributed by atoms with van der Waals surface area (Å²) in [5, 5.41) is 8.43. The van der Waals surface area contributed by atoms with E-state index in [0.29, 0.717) is 5.92 Å². The van der Waals surface area contributed by atoms with Crippen molar-refractivity contribution in [1.82, 2.24) is 4.72 Å². The minimum Gasteiger partial charge on any atom is -0.273 e. The molecule has 0 bridgehead atoms. The second-order valence-electron chi connectivity index (χ2n) is 6.11. The van der Waals surface area contributed by atoms with E-state index in [4.69, 9.17) is 5.26 Å². The van der Waals surface area contributed by atoms with Gasteiger partial charge in [0.05, 0.1) is 17.7 Å². The van der Waals surface area contributed by atoms with E-state index in [2.05, 4.69) is 18.6 Å². The highest BCUT2D eigenvalue weighted by Gasteiger charge is 2.21. The Balaban J connectivity index is 2.67. The number of nitrogens with one attached hydrogen (secondary N) is 1. The van der Waals surface area contributed by atoms with Gasteiger partial charge in [-0.3, -0.25) is 9.52 Å². The van der Waals surface area contributed by atoms with E-state index in [-0.39, 0.29) is 18.6 Å².